The second kappa shape index (κ2) is 13.9. The molecule has 67 heavy (non-hydrogen) atoms. The molecule has 11 aromatic carbocycles. The number of thiophene rings is 1. The van der Waals surface area contributed by atoms with Gasteiger partial charge in [0.2, 0.25) is 0 Å². The number of rotatable bonds is 4. The molecule has 0 spiro atoms. The molecule has 0 amide bonds. The molecule has 0 bridgehead atoms. The van der Waals surface area contributed by atoms with Gasteiger partial charge in [-0.3, -0.25) is 0 Å². The van der Waals surface area contributed by atoms with Crippen LogP contribution in [0.3, 0.4) is 0 Å². The Hall–Kier alpha value is -8.64. The van der Waals surface area contributed by atoms with E-state index in [-0.39, 0.29) is 0 Å². The lowest BCUT2D eigenvalue weighted by atomic mass is 9.98. The molecule has 0 aliphatic rings. The number of para-hydroxylation sites is 3. The number of nitrogens with zero attached hydrogens (tertiary/aromatic N) is 4. The van der Waals surface area contributed by atoms with Crippen molar-refractivity contribution in [3.05, 3.63) is 218 Å². The average molecular weight is 869 g/mol. The molecule has 0 atom stereocenters. The van der Waals surface area contributed by atoms with E-state index in [1.54, 1.807) is 0 Å². The fraction of sp³-hybridized carbons (Fsp3) is 0. The molecule has 0 saturated heterocycles. The SMILES string of the molecule is c1ccc2cc3c(cc2c1)c1ccccc1n3-c1ccc2c3cc4ccccc4cc3n(-c3cccc4cc(-c5nc6ccccc6nc5-c5ccc6sc7ccccc7c6c5)ccc34)c2c1. The van der Waals surface area contributed by atoms with Crippen LogP contribution in [0.2, 0.25) is 0 Å². The van der Waals surface area contributed by atoms with Gasteiger partial charge in [-0.25, -0.2) is 9.97 Å². The lowest BCUT2D eigenvalue weighted by Gasteiger charge is -2.15. The van der Waals surface area contributed by atoms with Crippen molar-refractivity contribution in [2.24, 2.45) is 0 Å². The molecule has 4 heterocycles. The van der Waals surface area contributed by atoms with Gasteiger partial charge in [-0.15, -0.1) is 11.3 Å². The van der Waals surface area contributed by atoms with E-state index < -0.39 is 0 Å². The monoisotopic (exact) mass is 868 g/mol. The van der Waals surface area contributed by atoms with Gasteiger partial charge in [0.05, 0.1) is 50.2 Å². The highest BCUT2D eigenvalue weighted by molar-refractivity contribution is 7.25. The maximum atomic E-state index is 5.37. The first-order valence-electron chi connectivity index (χ1n) is 22.8. The van der Waals surface area contributed by atoms with Crippen LogP contribution in [-0.4, -0.2) is 19.1 Å². The van der Waals surface area contributed by atoms with Crippen molar-refractivity contribution < 1.29 is 0 Å². The van der Waals surface area contributed by atoms with Gasteiger partial charge >= 0.3 is 0 Å². The minimum Gasteiger partial charge on any atom is -0.309 e. The van der Waals surface area contributed by atoms with Crippen LogP contribution in [0.4, 0.5) is 0 Å². The van der Waals surface area contributed by atoms with Crippen molar-refractivity contribution in [3.8, 4) is 33.9 Å². The van der Waals surface area contributed by atoms with Crippen molar-refractivity contribution in [3.63, 3.8) is 0 Å². The van der Waals surface area contributed by atoms with Gasteiger partial charge < -0.3 is 9.13 Å². The Morgan fingerprint density at radius 3 is 1.58 bits per heavy atom. The van der Waals surface area contributed by atoms with Gasteiger partial charge in [-0.2, -0.15) is 0 Å². The predicted octanol–water partition coefficient (Wildman–Crippen LogP) is 17.0. The van der Waals surface area contributed by atoms with E-state index in [1.165, 1.54) is 79.8 Å². The lowest BCUT2D eigenvalue weighted by molar-refractivity contribution is 1.16. The third-order valence-corrected chi connectivity index (χ3v) is 15.2. The highest BCUT2D eigenvalue weighted by Gasteiger charge is 2.21. The number of fused-ring (bicyclic) bond motifs is 13. The first-order chi connectivity index (χ1) is 33.2. The van der Waals surface area contributed by atoms with Crippen LogP contribution in [-0.2, 0) is 0 Å². The third kappa shape index (κ3) is 5.46. The van der Waals surface area contributed by atoms with E-state index in [2.05, 4.69) is 215 Å². The van der Waals surface area contributed by atoms with Gasteiger partial charge in [-0.05, 0) is 112 Å². The van der Waals surface area contributed by atoms with Gasteiger partial charge in [-0.1, -0.05) is 133 Å². The molecule has 310 valence electrons. The normalized spacial score (nSPS) is 12.2. The molecule has 0 unspecified atom stereocenters. The van der Waals surface area contributed by atoms with Crippen LogP contribution in [0, 0.1) is 0 Å². The van der Waals surface area contributed by atoms with Crippen LogP contribution in [0.15, 0.2) is 218 Å². The Kier molecular flexibility index (Phi) is 7.63. The van der Waals surface area contributed by atoms with Crippen molar-refractivity contribution in [1.82, 2.24) is 19.1 Å². The maximum Gasteiger partial charge on any atom is 0.0973 e. The Morgan fingerprint density at radius 2 is 0.836 bits per heavy atom. The summed E-state index contributed by atoms with van der Waals surface area (Å²) in [5.41, 5.74) is 12.6. The Labute approximate surface area is 387 Å². The fourth-order valence-electron chi connectivity index (χ4n) is 10.9. The molecule has 0 aliphatic carbocycles. The Bertz CT molecular complexity index is 4590. The summed E-state index contributed by atoms with van der Waals surface area (Å²) in [6.45, 7) is 0. The molecule has 0 N–H and O–H groups in total. The molecule has 0 radical (unpaired) electrons. The highest BCUT2D eigenvalue weighted by atomic mass is 32.1. The molecule has 0 saturated carbocycles. The second-order valence-electron chi connectivity index (χ2n) is 17.8. The van der Waals surface area contributed by atoms with Crippen molar-refractivity contribution in [1.29, 1.82) is 0 Å². The number of hydrogen-bond donors (Lipinski definition) is 0. The minimum atomic E-state index is 0.872. The molecule has 5 heteroatoms. The van der Waals surface area contributed by atoms with Gasteiger partial charge in [0.15, 0.2) is 0 Å². The Balaban J connectivity index is 0.961. The van der Waals surface area contributed by atoms with Crippen LogP contribution < -0.4 is 0 Å². The summed E-state index contributed by atoms with van der Waals surface area (Å²) in [6.07, 6.45) is 0. The lowest BCUT2D eigenvalue weighted by Crippen LogP contribution is -1.98. The average Bonchev–Trinajstić information content (AvgIpc) is 4.03. The van der Waals surface area contributed by atoms with E-state index in [1.807, 2.05) is 23.5 Å². The molecule has 4 aromatic heterocycles. The summed E-state index contributed by atoms with van der Waals surface area (Å²) < 4.78 is 7.50. The summed E-state index contributed by atoms with van der Waals surface area (Å²) in [5.74, 6) is 0. The summed E-state index contributed by atoms with van der Waals surface area (Å²) >= 11 is 1.83. The summed E-state index contributed by atoms with van der Waals surface area (Å²) in [4.78, 5) is 10.7. The van der Waals surface area contributed by atoms with Crippen molar-refractivity contribution >= 4 is 118 Å². The maximum absolute atomic E-state index is 5.37. The summed E-state index contributed by atoms with van der Waals surface area (Å²) in [6, 6.07) is 79.9. The number of benzene rings is 11. The molecule has 15 aromatic rings. The molecule has 0 fully saturated rings. The first-order valence-corrected chi connectivity index (χ1v) is 23.6. The van der Waals surface area contributed by atoms with Crippen LogP contribution in [0.1, 0.15) is 0 Å². The fourth-order valence-corrected chi connectivity index (χ4v) is 12.0. The van der Waals surface area contributed by atoms with Crippen LogP contribution in [0.5, 0.6) is 0 Å². The first kappa shape index (κ1) is 36.7. The smallest absolute Gasteiger partial charge is 0.0973 e. The van der Waals surface area contributed by atoms with Crippen molar-refractivity contribution in [2.75, 3.05) is 0 Å². The number of aromatic nitrogens is 4. The summed E-state index contributed by atoms with van der Waals surface area (Å²) in [7, 11) is 0. The predicted molar refractivity (Wildman–Crippen MR) is 284 cm³/mol. The topological polar surface area (TPSA) is 35.6 Å². The molecule has 15 rings (SSSR count). The van der Waals surface area contributed by atoms with E-state index in [0.717, 1.165) is 61.2 Å². The zero-order chi connectivity index (χ0) is 43.7. The van der Waals surface area contributed by atoms with E-state index in [0.29, 0.717) is 0 Å². The molecular formula is C62H36N4S. The van der Waals surface area contributed by atoms with Crippen LogP contribution in [0.25, 0.3) is 141 Å². The largest absolute Gasteiger partial charge is 0.309 e. The third-order valence-electron chi connectivity index (χ3n) is 14.0. The van der Waals surface area contributed by atoms with Gasteiger partial charge in [0.25, 0.3) is 0 Å². The van der Waals surface area contributed by atoms with E-state index in [4.69, 9.17) is 9.97 Å². The minimum absolute atomic E-state index is 0.872. The van der Waals surface area contributed by atoms with Gasteiger partial charge in [0.1, 0.15) is 0 Å². The highest BCUT2D eigenvalue weighted by Crippen LogP contribution is 2.43. The Morgan fingerprint density at radius 1 is 0.299 bits per heavy atom. The summed E-state index contributed by atoms with van der Waals surface area (Å²) in [5, 5.41) is 14.7. The zero-order valence-corrected chi connectivity index (χ0v) is 36.8. The van der Waals surface area contributed by atoms with Gasteiger partial charge in [0, 0.05) is 63.9 Å². The zero-order valence-electron chi connectivity index (χ0n) is 36.0. The van der Waals surface area contributed by atoms with E-state index >= 15 is 0 Å². The van der Waals surface area contributed by atoms with E-state index in [9.17, 15) is 0 Å². The molecular weight excluding hydrogens is 833 g/mol. The van der Waals surface area contributed by atoms with Crippen molar-refractivity contribution in [2.45, 2.75) is 0 Å². The standard InChI is InChI=1S/C62H36N4S/c1-3-14-39-34-56-49(31-37(39)12-1)46-17-5-9-21-55(46)65(56)44-26-28-47-50-32-38-13-2-4-15-40(38)35-57(50)66(58(47)36-44)54-22-11-16-41-30-42(24-27-45(41)54)61-62(64-53-20-8-7-19-52(53)63-61)43-25-29-60-51(33-43)48-18-6-10-23-59(48)67-60/h1-36H. The number of hydrogen-bond acceptors (Lipinski definition) is 3. The quantitative estimate of drug-likeness (QED) is 0.177. The van der Waals surface area contributed by atoms with Crippen LogP contribution >= 0.6 is 11.3 Å². The molecule has 0 aliphatic heterocycles. The second-order valence-corrected chi connectivity index (χ2v) is 18.8. The molecule has 4 nitrogen and oxygen atoms in total.